The zero-order valence-electron chi connectivity index (χ0n) is 9.73. The van der Waals surface area contributed by atoms with Gasteiger partial charge in [0.1, 0.15) is 0 Å². The first-order valence-electron chi connectivity index (χ1n) is 5.14. The fourth-order valence-electron chi connectivity index (χ4n) is 1.10. The van der Waals surface area contributed by atoms with E-state index < -0.39 is 0 Å². The molecule has 5 nitrogen and oxygen atoms in total. The van der Waals surface area contributed by atoms with Gasteiger partial charge in [-0.3, -0.25) is 5.43 Å². The third kappa shape index (κ3) is 4.28. The highest BCUT2D eigenvalue weighted by molar-refractivity contribution is 7.80. The van der Waals surface area contributed by atoms with Crippen LogP contribution in [0.25, 0.3) is 0 Å². The van der Waals surface area contributed by atoms with Crippen molar-refractivity contribution in [2.75, 3.05) is 13.7 Å². The lowest BCUT2D eigenvalue weighted by Crippen LogP contribution is -2.28. The van der Waals surface area contributed by atoms with Crippen LogP contribution in [0.1, 0.15) is 12.5 Å². The van der Waals surface area contributed by atoms with Crippen LogP contribution in [-0.4, -0.2) is 30.1 Å². The second kappa shape index (κ2) is 6.70. The topological polar surface area (TPSA) is 65.9 Å². The van der Waals surface area contributed by atoms with Crippen molar-refractivity contribution in [3.8, 4) is 11.5 Å². The summed E-state index contributed by atoms with van der Waals surface area (Å²) in [6.07, 6.45) is 1.59. The average Bonchev–Trinajstić information content (AvgIpc) is 2.33. The molecule has 1 aromatic carbocycles. The number of hydrogen-bond donors (Lipinski definition) is 3. The third-order valence-corrected chi connectivity index (χ3v) is 2.19. The normalized spacial score (nSPS) is 10.2. The maximum absolute atomic E-state index is 9.50. The van der Waals surface area contributed by atoms with E-state index in [0.717, 1.165) is 5.56 Å². The monoisotopic (exact) mass is 253 g/mol. The van der Waals surface area contributed by atoms with Gasteiger partial charge in [-0.1, -0.05) is 0 Å². The Morgan fingerprint density at radius 3 is 3.00 bits per heavy atom. The van der Waals surface area contributed by atoms with Gasteiger partial charge >= 0.3 is 0 Å². The van der Waals surface area contributed by atoms with Gasteiger partial charge in [0, 0.05) is 7.05 Å². The number of aromatic hydroxyl groups is 1. The summed E-state index contributed by atoms with van der Waals surface area (Å²) in [5.41, 5.74) is 3.44. The van der Waals surface area contributed by atoms with Crippen LogP contribution in [-0.2, 0) is 0 Å². The minimum Gasteiger partial charge on any atom is -0.504 e. The summed E-state index contributed by atoms with van der Waals surface area (Å²) in [5.74, 6) is 0.551. The standard InChI is InChI=1S/C11H15N3O2S/c1-3-16-10-6-8(4-5-9(10)15)7-13-14-11(17)12-2/h4-7,15H,3H2,1-2H3,(H2,12,14,17)/b13-7-. The van der Waals surface area contributed by atoms with Crippen molar-refractivity contribution >= 4 is 23.5 Å². The second-order valence-corrected chi connectivity index (χ2v) is 3.52. The highest BCUT2D eigenvalue weighted by Gasteiger charge is 2.01. The van der Waals surface area contributed by atoms with Gasteiger partial charge in [-0.15, -0.1) is 0 Å². The van der Waals surface area contributed by atoms with Crippen LogP contribution in [0.4, 0.5) is 0 Å². The van der Waals surface area contributed by atoms with E-state index in [-0.39, 0.29) is 5.75 Å². The van der Waals surface area contributed by atoms with Crippen molar-refractivity contribution in [2.24, 2.45) is 5.10 Å². The van der Waals surface area contributed by atoms with Crippen molar-refractivity contribution in [2.45, 2.75) is 6.92 Å². The predicted molar refractivity (Wildman–Crippen MR) is 71.7 cm³/mol. The van der Waals surface area contributed by atoms with Gasteiger partial charge in [0.05, 0.1) is 12.8 Å². The van der Waals surface area contributed by atoms with Crippen LogP contribution >= 0.6 is 12.2 Å². The maximum Gasteiger partial charge on any atom is 0.186 e. The Morgan fingerprint density at radius 1 is 1.59 bits per heavy atom. The molecule has 17 heavy (non-hydrogen) atoms. The minimum atomic E-state index is 0.114. The Kier molecular flexibility index (Phi) is 5.22. The van der Waals surface area contributed by atoms with Gasteiger partial charge in [0.15, 0.2) is 16.6 Å². The predicted octanol–water partition coefficient (Wildman–Crippen LogP) is 1.22. The molecule has 0 heterocycles. The molecule has 0 amide bonds. The molecule has 92 valence electrons. The van der Waals surface area contributed by atoms with Gasteiger partial charge in [-0.25, -0.2) is 0 Å². The number of nitrogens with zero attached hydrogens (tertiary/aromatic N) is 1. The van der Waals surface area contributed by atoms with Crippen molar-refractivity contribution in [1.82, 2.24) is 10.7 Å². The van der Waals surface area contributed by atoms with E-state index in [1.165, 1.54) is 0 Å². The van der Waals surface area contributed by atoms with Gasteiger partial charge < -0.3 is 15.2 Å². The number of rotatable bonds is 4. The summed E-state index contributed by atoms with van der Waals surface area (Å²) >= 11 is 4.86. The molecule has 0 aliphatic rings. The molecule has 0 atom stereocenters. The molecular weight excluding hydrogens is 238 g/mol. The number of nitrogens with one attached hydrogen (secondary N) is 2. The molecule has 0 aromatic heterocycles. The van der Waals surface area contributed by atoms with Crippen molar-refractivity contribution in [3.63, 3.8) is 0 Å². The van der Waals surface area contributed by atoms with Crippen molar-refractivity contribution in [3.05, 3.63) is 23.8 Å². The van der Waals surface area contributed by atoms with Gasteiger partial charge in [0.2, 0.25) is 0 Å². The highest BCUT2D eigenvalue weighted by atomic mass is 32.1. The van der Waals surface area contributed by atoms with Crippen LogP contribution in [0.5, 0.6) is 11.5 Å². The molecule has 0 unspecified atom stereocenters. The Balaban J connectivity index is 2.71. The Morgan fingerprint density at radius 2 is 2.35 bits per heavy atom. The molecule has 0 aliphatic carbocycles. The maximum atomic E-state index is 9.50. The van der Waals surface area contributed by atoms with E-state index in [0.29, 0.717) is 17.5 Å². The molecule has 6 heteroatoms. The molecule has 1 aromatic rings. The fourth-order valence-corrected chi connectivity index (χ4v) is 1.16. The first-order valence-corrected chi connectivity index (χ1v) is 5.54. The van der Waals surface area contributed by atoms with E-state index in [9.17, 15) is 5.11 Å². The molecule has 3 N–H and O–H groups in total. The summed E-state index contributed by atoms with van der Waals surface area (Å²) in [6, 6.07) is 4.99. The molecular formula is C11H15N3O2S. The van der Waals surface area contributed by atoms with Crippen molar-refractivity contribution in [1.29, 1.82) is 0 Å². The summed E-state index contributed by atoms with van der Waals surface area (Å²) in [7, 11) is 1.71. The lowest BCUT2D eigenvalue weighted by Gasteiger charge is -2.06. The average molecular weight is 253 g/mol. The Labute approximate surface area is 105 Å². The highest BCUT2D eigenvalue weighted by Crippen LogP contribution is 2.25. The van der Waals surface area contributed by atoms with E-state index in [1.807, 2.05) is 6.92 Å². The molecule has 0 radical (unpaired) electrons. The Hall–Kier alpha value is -1.82. The number of phenolic OH excluding ortho intramolecular Hbond substituents is 1. The van der Waals surface area contributed by atoms with Crippen LogP contribution < -0.4 is 15.5 Å². The van der Waals surface area contributed by atoms with E-state index in [2.05, 4.69) is 15.8 Å². The molecule has 0 fully saturated rings. The van der Waals surface area contributed by atoms with E-state index in [1.54, 1.807) is 31.5 Å². The minimum absolute atomic E-state index is 0.114. The van der Waals surface area contributed by atoms with Gasteiger partial charge in [-0.2, -0.15) is 5.10 Å². The SMILES string of the molecule is CCOc1cc(/C=N\NC(=S)NC)ccc1O. The van der Waals surface area contributed by atoms with Gasteiger partial charge in [0.25, 0.3) is 0 Å². The number of phenols is 1. The summed E-state index contributed by atoms with van der Waals surface area (Å²) in [5, 5.41) is 16.6. The number of ether oxygens (including phenoxy) is 1. The van der Waals surface area contributed by atoms with Crippen LogP contribution in [0.2, 0.25) is 0 Å². The lowest BCUT2D eigenvalue weighted by atomic mass is 10.2. The summed E-state index contributed by atoms with van der Waals surface area (Å²) < 4.78 is 5.26. The van der Waals surface area contributed by atoms with Gasteiger partial charge in [-0.05, 0) is 42.9 Å². The summed E-state index contributed by atoms with van der Waals surface area (Å²) in [6.45, 7) is 2.35. The zero-order chi connectivity index (χ0) is 12.7. The van der Waals surface area contributed by atoms with Crippen LogP contribution in [0.3, 0.4) is 0 Å². The molecule has 0 saturated heterocycles. The second-order valence-electron chi connectivity index (χ2n) is 3.11. The number of benzene rings is 1. The number of thiocarbonyl (C=S) groups is 1. The first kappa shape index (κ1) is 13.2. The molecule has 0 aliphatic heterocycles. The Bertz CT molecular complexity index is 421. The van der Waals surface area contributed by atoms with Crippen LogP contribution in [0.15, 0.2) is 23.3 Å². The van der Waals surface area contributed by atoms with Crippen molar-refractivity contribution < 1.29 is 9.84 Å². The largest absolute Gasteiger partial charge is 0.504 e. The molecule has 0 spiro atoms. The van der Waals surface area contributed by atoms with E-state index in [4.69, 9.17) is 17.0 Å². The van der Waals surface area contributed by atoms with E-state index >= 15 is 0 Å². The van der Waals surface area contributed by atoms with Crippen LogP contribution in [0, 0.1) is 0 Å². The molecule has 0 saturated carbocycles. The zero-order valence-corrected chi connectivity index (χ0v) is 10.5. The number of hydrazone groups is 1. The quantitative estimate of drug-likeness (QED) is 0.428. The fraction of sp³-hybridized carbons (Fsp3) is 0.273. The summed E-state index contributed by atoms with van der Waals surface area (Å²) in [4.78, 5) is 0. The molecule has 0 bridgehead atoms. The third-order valence-electron chi connectivity index (χ3n) is 1.89. The molecule has 1 rings (SSSR count). The number of hydrogen-bond acceptors (Lipinski definition) is 4. The smallest absolute Gasteiger partial charge is 0.186 e. The first-order chi connectivity index (χ1) is 8.17. The lowest BCUT2D eigenvalue weighted by molar-refractivity contribution is 0.318.